The molecule has 2 aromatic carbocycles. The molecule has 1 saturated heterocycles. The summed E-state index contributed by atoms with van der Waals surface area (Å²) >= 11 is 0. The number of nitrogens with zero attached hydrogens (tertiary/aromatic N) is 4. The maximum absolute atomic E-state index is 13.2. The fourth-order valence-electron chi connectivity index (χ4n) is 4.85. The Balaban J connectivity index is 1.41. The van der Waals surface area contributed by atoms with Crippen LogP contribution in [0.5, 0.6) is 0 Å². The first kappa shape index (κ1) is 21.6. The van der Waals surface area contributed by atoms with Gasteiger partial charge in [-0.05, 0) is 57.1 Å². The number of para-hydroxylation sites is 2. The van der Waals surface area contributed by atoms with Crippen molar-refractivity contribution in [3.8, 4) is 0 Å². The zero-order valence-electron chi connectivity index (χ0n) is 19.0. The number of aliphatic hydroxyl groups is 1. The third-order valence-electron chi connectivity index (χ3n) is 6.51. The Labute approximate surface area is 194 Å². The molecule has 33 heavy (non-hydrogen) atoms. The highest BCUT2D eigenvalue weighted by atomic mass is 16.3. The summed E-state index contributed by atoms with van der Waals surface area (Å²) in [4.78, 5) is 15.5. The molecule has 1 N–H and O–H groups in total. The van der Waals surface area contributed by atoms with E-state index in [0.29, 0.717) is 24.4 Å². The maximum Gasteiger partial charge on any atom is 0.280 e. The van der Waals surface area contributed by atoms with Crippen LogP contribution < -0.4 is 5.01 Å². The smallest absolute Gasteiger partial charge is 0.280 e. The molecule has 0 bridgehead atoms. The topological polar surface area (TPSA) is 61.1 Å². The number of carbonyl (C=O) groups excluding carboxylic acids is 1. The predicted octanol–water partition coefficient (Wildman–Crippen LogP) is 4.29. The third kappa shape index (κ3) is 4.49. The van der Waals surface area contributed by atoms with Crippen LogP contribution in [-0.4, -0.2) is 51.9 Å². The summed E-state index contributed by atoms with van der Waals surface area (Å²) in [6.45, 7) is 5.23. The molecular weight excluding hydrogens is 412 g/mol. The highest BCUT2D eigenvalue weighted by Crippen LogP contribution is 2.28. The van der Waals surface area contributed by atoms with E-state index in [1.807, 2.05) is 61.7 Å². The molecule has 2 aliphatic rings. The van der Waals surface area contributed by atoms with Gasteiger partial charge in [-0.1, -0.05) is 42.8 Å². The molecule has 1 amide bonds. The molecule has 3 aromatic rings. The molecule has 1 atom stereocenters. The van der Waals surface area contributed by atoms with E-state index in [1.54, 1.807) is 0 Å². The van der Waals surface area contributed by atoms with Crippen molar-refractivity contribution in [2.24, 2.45) is 5.10 Å². The van der Waals surface area contributed by atoms with Crippen LogP contribution in [0.15, 0.2) is 71.5 Å². The third-order valence-corrected chi connectivity index (χ3v) is 6.51. The number of hydrazone groups is 1. The van der Waals surface area contributed by atoms with Crippen molar-refractivity contribution in [1.82, 2.24) is 9.47 Å². The Morgan fingerprint density at radius 1 is 1.00 bits per heavy atom. The summed E-state index contributed by atoms with van der Waals surface area (Å²) < 4.78 is 2.11. The van der Waals surface area contributed by atoms with Crippen molar-refractivity contribution in [2.45, 2.75) is 38.8 Å². The second-order valence-corrected chi connectivity index (χ2v) is 8.96. The van der Waals surface area contributed by atoms with Crippen LogP contribution in [-0.2, 0) is 11.3 Å². The minimum absolute atomic E-state index is 0.124. The molecule has 0 unspecified atom stereocenters. The molecule has 0 spiro atoms. The number of fused-ring (bicyclic) bond motifs is 1. The zero-order chi connectivity index (χ0) is 22.8. The number of carbonyl (C=O) groups is 1. The first-order valence-electron chi connectivity index (χ1n) is 11.8. The molecule has 0 aliphatic carbocycles. The average molecular weight is 443 g/mol. The number of aliphatic hydroxyl groups excluding tert-OH is 1. The van der Waals surface area contributed by atoms with Gasteiger partial charge in [-0.3, -0.25) is 4.79 Å². The Hall–Kier alpha value is -3.22. The quantitative estimate of drug-likeness (QED) is 0.579. The Morgan fingerprint density at radius 2 is 1.73 bits per heavy atom. The largest absolute Gasteiger partial charge is 0.390 e. The van der Waals surface area contributed by atoms with E-state index in [9.17, 15) is 9.90 Å². The molecular formula is C27H30N4O2. The first-order chi connectivity index (χ1) is 16.1. The second kappa shape index (κ2) is 9.33. The molecule has 5 rings (SSSR count). The zero-order valence-corrected chi connectivity index (χ0v) is 19.0. The number of hydrogen-bond donors (Lipinski definition) is 1. The van der Waals surface area contributed by atoms with Gasteiger partial charge in [0, 0.05) is 35.8 Å². The molecule has 1 aromatic heterocycles. The van der Waals surface area contributed by atoms with Crippen molar-refractivity contribution in [2.75, 3.05) is 24.6 Å². The molecule has 3 heterocycles. The molecule has 0 radical (unpaired) electrons. The van der Waals surface area contributed by atoms with Gasteiger partial charge in [0.25, 0.3) is 5.91 Å². The van der Waals surface area contributed by atoms with Gasteiger partial charge in [0.1, 0.15) is 0 Å². The van der Waals surface area contributed by atoms with E-state index >= 15 is 0 Å². The lowest BCUT2D eigenvalue weighted by molar-refractivity contribution is -0.114. The minimum atomic E-state index is -0.440. The summed E-state index contributed by atoms with van der Waals surface area (Å²) in [5.74, 6) is -0.124. The van der Waals surface area contributed by atoms with Crippen LogP contribution >= 0.6 is 0 Å². The van der Waals surface area contributed by atoms with E-state index in [-0.39, 0.29) is 5.91 Å². The molecule has 0 saturated carbocycles. The number of aromatic nitrogens is 1. The molecule has 2 aliphatic heterocycles. The van der Waals surface area contributed by atoms with Gasteiger partial charge < -0.3 is 14.6 Å². The lowest BCUT2D eigenvalue weighted by atomic mass is 10.1. The number of rotatable bonds is 6. The predicted molar refractivity (Wildman–Crippen MR) is 133 cm³/mol. The van der Waals surface area contributed by atoms with Crippen molar-refractivity contribution < 1.29 is 9.90 Å². The van der Waals surface area contributed by atoms with Crippen molar-refractivity contribution >= 4 is 34.3 Å². The summed E-state index contributed by atoms with van der Waals surface area (Å²) in [5.41, 5.74) is 4.07. The van der Waals surface area contributed by atoms with Gasteiger partial charge in [0.15, 0.2) is 0 Å². The Kier molecular flexibility index (Phi) is 6.11. The monoisotopic (exact) mass is 442 g/mol. The number of hydrogen-bond acceptors (Lipinski definition) is 4. The van der Waals surface area contributed by atoms with Crippen LogP contribution in [0.4, 0.5) is 5.69 Å². The van der Waals surface area contributed by atoms with Crippen molar-refractivity contribution in [3.05, 3.63) is 71.9 Å². The normalized spacial score (nSPS) is 19.5. The lowest BCUT2D eigenvalue weighted by Crippen LogP contribution is -2.37. The highest BCUT2D eigenvalue weighted by Gasteiger charge is 2.29. The van der Waals surface area contributed by atoms with Crippen LogP contribution in [0.1, 0.15) is 31.7 Å². The van der Waals surface area contributed by atoms with Crippen LogP contribution in [0.2, 0.25) is 0 Å². The number of β-amino-alcohol motifs (C(OH)–C–C–N with tert-alkyl or cyclic N) is 1. The summed E-state index contributed by atoms with van der Waals surface area (Å²) in [5, 5.41) is 17.8. The number of piperidine rings is 1. The van der Waals surface area contributed by atoms with Crippen LogP contribution in [0.25, 0.3) is 17.0 Å². The SMILES string of the molecule is CC1=NN(c2ccccc2)C(=O)/C1=C/c1cn(C[C@@H](O)CN2CCCCC2)c2ccccc12. The van der Waals surface area contributed by atoms with Crippen molar-refractivity contribution in [3.63, 3.8) is 0 Å². The number of anilines is 1. The van der Waals surface area contributed by atoms with Crippen molar-refractivity contribution in [1.29, 1.82) is 0 Å². The molecule has 6 heteroatoms. The maximum atomic E-state index is 13.2. The van der Waals surface area contributed by atoms with E-state index in [1.165, 1.54) is 24.3 Å². The Bertz CT molecular complexity index is 1210. The van der Waals surface area contributed by atoms with Crippen LogP contribution in [0, 0.1) is 0 Å². The molecule has 170 valence electrons. The van der Waals surface area contributed by atoms with Gasteiger partial charge in [0.05, 0.1) is 23.1 Å². The average Bonchev–Trinajstić information content (AvgIpc) is 3.32. The first-order valence-corrected chi connectivity index (χ1v) is 11.8. The second-order valence-electron chi connectivity index (χ2n) is 8.96. The summed E-state index contributed by atoms with van der Waals surface area (Å²) in [7, 11) is 0. The van der Waals surface area contributed by atoms with E-state index < -0.39 is 6.10 Å². The van der Waals surface area contributed by atoms with Gasteiger partial charge in [0.2, 0.25) is 0 Å². The number of likely N-dealkylation sites (tertiary alicyclic amines) is 1. The molecule has 1 fully saturated rings. The van der Waals surface area contributed by atoms with Gasteiger partial charge in [-0.15, -0.1) is 0 Å². The number of benzene rings is 2. The van der Waals surface area contributed by atoms with E-state index in [0.717, 1.165) is 35.2 Å². The summed E-state index contributed by atoms with van der Waals surface area (Å²) in [6, 6.07) is 17.6. The van der Waals surface area contributed by atoms with Crippen LogP contribution in [0.3, 0.4) is 0 Å². The Morgan fingerprint density at radius 3 is 2.52 bits per heavy atom. The van der Waals surface area contributed by atoms with E-state index in [4.69, 9.17) is 0 Å². The molecule has 6 nitrogen and oxygen atoms in total. The number of amides is 1. The summed E-state index contributed by atoms with van der Waals surface area (Å²) in [6.07, 6.45) is 7.25. The van der Waals surface area contributed by atoms with Gasteiger partial charge in [-0.25, -0.2) is 0 Å². The fourth-order valence-corrected chi connectivity index (χ4v) is 4.85. The fraction of sp³-hybridized carbons (Fsp3) is 0.333. The van der Waals surface area contributed by atoms with Gasteiger partial charge in [-0.2, -0.15) is 10.1 Å². The van der Waals surface area contributed by atoms with E-state index in [2.05, 4.69) is 26.7 Å². The standard InChI is InChI=1S/C27H30N4O2/c1-20-25(27(33)31(28-20)22-10-4-2-5-11-22)16-21-17-30(26-13-7-6-12-24(21)26)19-23(32)18-29-14-8-3-9-15-29/h2,4-7,10-13,16-17,23,32H,3,8-9,14-15,18-19H2,1H3/b25-16+/t23-/m0/s1. The lowest BCUT2D eigenvalue weighted by Gasteiger charge is -2.28. The van der Waals surface area contributed by atoms with Gasteiger partial charge >= 0.3 is 0 Å². The highest BCUT2D eigenvalue weighted by molar-refractivity contribution is 6.32. The minimum Gasteiger partial charge on any atom is -0.390 e.